The van der Waals surface area contributed by atoms with Crippen LogP contribution in [0.25, 0.3) is 22.0 Å². The van der Waals surface area contributed by atoms with Gasteiger partial charge in [-0.25, -0.2) is 4.79 Å². The van der Waals surface area contributed by atoms with Crippen LogP contribution in [0.3, 0.4) is 0 Å². The van der Waals surface area contributed by atoms with Crippen LogP contribution in [0.15, 0.2) is 35.5 Å². The first-order valence-electron chi connectivity index (χ1n) is 19.6. The lowest BCUT2D eigenvalue weighted by Gasteiger charge is -2.57. The van der Waals surface area contributed by atoms with Crippen molar-refractivity contribution in [3.8, 4) is 22.6 Å². The monoisotopic (exact) mass is 706 g/mol. The molecule has 6 aliphatic heterocycles. The lowest BCUT2D eigenvalue weighted by molar-refractivity contribution is -0.162. The number of phenols is 2. The average molecular weight is 707 g/mol. The number of nitrogens with zero attached hydrogens (tertiary/aromatic N) is 2. The number of ether oxygens (including phenoxy) is 2. The van der Waals surface area contributed by atoms with Gasteiger partial charge in [0.2, 0.25) is 0 Å². The van der Waals surface area contributed by atoms with Gasteiger partial charge in [-0.1, -0.05) is 26.3 Å². The smallest absolute Gasteiger partial charge is 0.335 e. The first-order chi connectivity index (χ1) is 25.2. The number of aromatic amines is 1. The van der Waals surface area contributed by atoms with Gasteiger partial charge in [0.25, 0.3) is 0 Å². The molecule has 52 heavy (non-hydrogen) atoms. The van der Waals surface area contributed by atoms with Crippen LogP contribution >= 0.6 is 0 Å². The van der Waals surface area contributed by atoms with E-state index in [4.69, 9.17) is 9.47 Å². The molecule has 3 aromatic rings. The molecule has 4 N–H and O–H groups in total. The van der Waals surface area contributed by atoms with E-state index in [9.17, 15) is 19.8 Å². The summed E-state index contributed by atoms with van der Waals surface area (Å²) in [4.78, 5) is 36.6. The number of nitrogens with one attached hydrogen (secondary N) is 2. The Morgan fingerprint density at radius 1 is 1.02 bits per heavy atom. The highest BCUT2D eigenvalue weighted by Crippen LogP contribution is 2.67. The number of fused-ring (bicyclic) bond motifs is 5. The van der Waals surface area contributed by atoms with Gasteiger partial charge in [0, 0.05) is 47.5 Å². The largest absolute Gasteiger partial charge is 0.507 e. The molecule has 2 aliphatic carbocycles. The number of phenolic OH excluding ortho intramolecular Hbond substituents is 2. The van der Waals surface area contributed by atoms with E-state index in [1.54, 1.807) is 6.07 Å². The number of aromatic hydroxyl groups is 2. The van der Waals surface area contributed by atoms with E-state index in [1.165, 1.54) is 14.2 Å². The highest BCUT2D eigenvalue weighted by Gasteiger charge is 2.67. The number of benzene rings is 2. The van der Waals surface area contributed by atoms with Crippen LogP contribution in [0.2, 0.25) is 0 Å². The van der Waals surface area contributed by atoms with E-state index in [1.807, 2.05) is 12.1 Å². The Morgan fingerprint density at radius 2 is 1.87 bits per heavy atom. The van der Waals surface area contributed by atoms with Crippen molar-refractivity contribution in [1.29, 1.82) is 0 Å². The van der Waals surface area contributed by atoms with Gasteiger partial charge in [0.05, 0.1) is 42.0 Å². The van der Waals surface area contributed by atoms with Gasteiger partial charge < -0.3 is 30.0 Å². The van der Waals surface area contributed by atoms with Crippen LogP contribution in [0, 0.1) is 17.3 Å². The number of piperidine rings is 3. The summed E-state index contributed by atoms with van der Waals surface area (Å²) in [5, 5.41) is 28.7. The second-order valence-electron chi connectivity index (χ2n) is 17.0. The van der Waals surface area contributed by atoms with Crippen LogP contribution in [-0.2, 0) is 36.3 Å². The Morgan fingerprint density at radius 3 is 2.63 bits per heavy atom. The van der Waals surface area contributed by atoms with Crippen molar-refractivity contribution in [2.24, 2.45) is 17.3 Å². The average Bonchev–Trinajstić information content (AvgIpc) is 3.84. The fourth-order valence-corrected chi connectivity index (χ4v) is 13.4. The lowest BCUT2D eigenvalue weighted by Crippen LogP contribution is -2.67. The normalized spacial score (nSPS) is 35.3. The second kappa shape index (κ2) is 11.0. The van der Waals surface area contributed by atoms with Crippen molar-refractivity contribution in [2.75, 3.05) is 45.7 Å². The molecule has 1 saturated carbocycles. The fourth-order valence-electron chi connectivity index (χ4n) is 13.4. The van der Waals surface area contributed by atoms with E-state index < -0.39 is 10.8 Å². The van der Waals surface area contributed by atoms with Crippen LogP contribution in [0.1, 0.15) is 82.0 Å². The number of hydrogen-bond donors (Lipinski definition) is 4. The first kappa shape index (κ1) is 32.6. The van der Waals surface area contributed by atoms with Gasteiger partial charge in [-0.05, 0) is 111 Å². The number of rotatable bonds is 5. The minimum atomic E-state index is -0.832. The molecule has 0 radical (unpaired) electrons. The lowest BCUT2D eigenvalue weighted by atomic mass is 9.53. The topological polar surface area (TPSA) is 127 Å². The molecule has 1 aromatic heterocycles. The Bertz CT molecular complexity index is 2100. The molecular weight excluding hydrogens is 656 g/mol. The zero-order valence-corrected chi connectivity index (χ0v) is 30.7. The standard InChI is InChI=1S/C42H50N4O6/c1-5-23-18-22-19-42(39(50)52-4)34-25(12-16-46(21-22)36(23)42)24-9-11-29(47)30(31(24)43-34)26-8-10-28-32(33(26)48)44-35-27(37(49)51-3)20-40(6-2)13-7-15-45-17-14-41(28,35)38(40)45/h8-11,22-23,36,38,43-44,47-48H,5-7,12-21H2,1-4H3/t22-,23+,36+,38+,40+,41+,42-/m1/s1. The summed E-state index contributed by atoms with van der Waals surface area (Å²) in [6.45, 7) is 8.32. The molecule has 4 bridgehead atoms. The maximum absolute atomic E-state index is 14.2. The van der Waals surface area contributed by atoms with Crippen LogP contribution in [-0.4, -0.2) is 89.4 Å². The van der Waals surface area contributed by atoms with Gasteiger partial charge in [-0.15, -0.1) is 0 Å². The number of hydrogen-bond acceptors (Lipinski definition) is 9. The molecule has 2 aromatic carbocycles. The highest BCUT2D eigenvalue weighted by atomic mass is 16.5. The van der Waals surface area contributed by atoms with E-state index in [2.05, 4.69) is 40.0 Å². The van der Waals surface area contributed by atoms with Crippen LogP contribution in [0.4, 0.5) is 5.69 Å². The molecule has 10 heteroatoms. The maximum Gasteiger partial charge on any atom is 0.335 e. The molecular formula is C42H50N4O6. The van der Waals surface area contributed by atoms with E-state index in [0.717, 1.165) is 111 Å². The minimum Gasteiger partial charge on any atom is -0.507 e. The quantitative estimate of drug-likeness (QED) is 0.184. The molecule has 0 amide bonds. The van der Waals surface area contributed by atoms with Crippen LogP contribution < -0.4 is 5.32 Å². The summed E-state index contributed by atoms with van der Waals surface area (Å²) in [5.41, 5.74) is 5.57. The molecule has 5 fully saturated rings. The summed E-state index contributed by atoms with van der Waals surface area (Å²) in [7, 11) is 2.96. The van der Waals surface area contributed by atoms with Crippen molar-refractivity contribution >= 4 is 28.5 Å². The number of carbonyl (C=O) groups is 2. The molecule has 274 valence electrons. The zero-order valence-electron chi connectivity index (χ0n) is 30.7. The maximum atomic E-state index is 14.2. The van der Waals surface area contributed by atoms with Gasteiger partial charge >= 0.3 is 11.9 Å². The molecule has 10 nitrogen and oxygen atoms in total. The summed E-state index contributed by atoms with van der Waals surface area (Å²) in [6.07, 6.45) is 8.27. The molecule has 1 unspecified atom stereocenters. The minimum absolute atomic E-state index is 0.0415. The first-order valence-corrected chi connectivity index (χ1v) is 19.6. The Labute approximate surface area is 304 Å². The van der Waals surface area contributed by atoms with E-state index in [0.29, 0.717) is 40.6 Å². The Hall–Kier alpha value is -4.02. The van der Waals surface area contributed by atoms with Gasteiger partial charge in [0.15, 0.2) is 0 Å². The second-order valence-corrected chi connectivity index (χ2v) is 17.0. The van der Waals surface area contributed by atoms with Crippen molar-refractivity contribution in [1.82, 2.24) is 14.8 Å². The summed E-state index contributed by atoms with van der Waals surface area (Å²) < 4.78 is 11.1. The van der Waals surface area contributed by atoms with Crippen molar-refractivity contribution in [2.45, 2.75) is 94.5 Å². The predicted octanol–water partition coefficient (Wildman–Crippen LogP) is 6.09. The molecule has 4 saturated heterocycles. The fraction of sp³-hybridized carbons (Fsp3) is 0.571. The molecule has 7 heterocycles. The van der Waals surface area contributed by atoms with E-state index in [-0.39, 0.29) is 40.9 Å². The zero-order chi connectivity index (χ0) is 35.9. The third-order valence-electron chi connectivity index (χ3n) is 15.2. The number of anilines is 1. The SMILES string of the molecule is CC[C@H]1C[C@H]2CN3CCc4c([nH]c5c(-c6ccc7c(c6O)NC6=C(C(=O)OC)C[C@]8(CC)CCCN9CC[C@@]67[C@@H]98)c(O)ccc45)[C@](C(=O)OC)(C2)[C@H]13. The number of H-pyrrole nitrogens is 1. The number of carbonyl (C=O) groups excluding carboxylic acids is 2. The molecule has 8 atom stereocenters. The molecule has 11 rings (SSSR count). The highest BCUT2D eigenvalue weighted by molar-refractivity contribution is 6.04. The Kier molecular flexibility index (Phi) is 6.91. The summed E-state index contributed by atoms with van der Waals surface area (Å²) in [5.74, 6) is 0.400. The molecule has 8 aliphatic rings. The third kappa shape index (κ3) is 3.78. The summed E-state index contributed by atoms with van der Waals surface area (Å²) >= 11 is 0. The number of methoxy groups -OCH3 is 2. The summed E-state index contributed by atoms with van der Waals surface area (Å²) in [6, 6.07) is 8.00. The van der Waals surface area contributed by atoms with E-state index >= 15 is 0 Å². The third-order valence-corrected chi connectivity index (χ3v) is 15.2. The van der Waals surface area contributed by atoms with Crippen molar-refractivity contribution < 1.29 is 29.3 Å². The number of aromatic nitrogens is 1. The van der Waals surface area contributed by atoms with Crippen molar-refractivity contribution in [3.63, 3.8) is 0 Å². The van der Waals surface area contributed by atoms with Crippen LogP contribution in [0.5, 0.6) is 11.5 Å². The molecule has 1 spiro atoms. The van der Waals surface area contributed by atoms with Gasteiger partial charge in [-0.3, -0.25) is 14.6 Å². The van der Waals surface area contributed by atoms with Gasteiger partial charge in [-0.2, -0.15) is 0 Å². The Balaban J connectivity index is 1.17. The predicted molar refractivity (Wildman–Crippen MR) is 197 cm³/mol. The van der Waals surface area contributed by atoms with Gasteiger partial charge in [0.1, 0.15) is 16.9 Å². The number of esters is 2. The van der Waals surface area contributed by atoms with Crippen molar-refractivity contribution in [3.05, 3.63) is 52.4 Å².